The molecule has 0 aromatic heterocycles. The van der Waals surface area contributed by atoms with Crippen LogP contribution in [0.4, 0.5) is 5.69 Å². The van der Waals surface area contributed by atoms with Crippen LogP contribution in [0.1, 0.15) is 0 Å². The molecular weight excluding hydrogens is 246 g/mol. The third-order valence-corrected chi connectivity index (χ3v) is 2.32. The number of benzene rings is 1. The molecule has 0 aliphatic carbocycles. The van der Waals surface area contributed by atoms with Crippen molar-refractivity contribution < 1.29 is 9.47 Å². The first kappa shape index (κ1) is 11.4. The summed E-state index contributed by atoms with van der Waals surface area (Å²) in [5.74, 6) is 0. The summed E-state index contributed by atoms with van der Waals surface area (Å²) in [7, 11) is 3.14. The lowest BCUT2D eigenvalue weighted by Crippen LogP contribution is -2.13. The normalized spacial score (nSPS) is 11.4. The topological polar surface area (TPSA) is 30.8 Å². The van der Waals surface area contributed by atoms with Crippen molar-refractivity contribution in [2.75, 3.05) is 14.2 Å². The molecule has 0 radical (unpaired) electrons. The Balaban J connectivity index is 2.72. The van der Waals surface area contributed by atoms with Crippen LogP contribution in [-0.2, 0) is 9.47 Å². The summed E-state index contributed by atoms with van der Waals surface area (Å²) in [6.07, 6.45) is 1.21. The van der Waals surface area contributed by atoms with Gasteiger partial charge in [0.25, 0.3) is 0 Å². The van der Waals surface area contributed by atoms with E-state index in [0.29, 0.717) is 0 Å². The van der Waals surface area contributed by atoms with E-state index < -0.39 is 6.29 Å². The largest absolute Gasteiger partial charge is 0.351 e. The number of halogens is 1. The predicted molar refractivity (Wildman–Crippen MR) is 60.1 cm³/mol. The minimum absolute atomic E-state index is 0.401. The van der Waals surface area contributed by atoms with Crippen molar-refractivity contribution in [1.82, 2.24) is 0 Å². The molecule has 0 spiro atoms. The highest BCUT2D eigenvalue weighted by Crippen LogP contribution is 2.23. The van der Waals surface area contributed by atoms with Crippen molar-refractivity contribution in [2.24, 2.45) is 4.99 Å². The molecule has 0 N–H and O–H groups in total. The van der Waals surface area contributed by atoms with Gasteiger partial charge in [-0.2, -0.15) is 0 Å². The Kier molecular flexibility index (Phi) is 4.79. The van der Waals surface area contributed by atoms with E-state index >= 15 is 0 Å². The van der Waals surface area contributed by atoms with Gasteiger partial charge in [-0.25, -0.2) is 0 Å². The fourth-order valence-electron chi connectivity index (χ4n) is 0.916. The molecule has 4 heteroatoms. The lowest BCUT2D eigenvalue weighted by atomic mass is 10.3. The molecule has 0 heterocycles. The van der Waals surface area contributed by atoms with Crippen molar-refractivity contribution in [3.8, 4) is 0 Å². The standard InChI is InChI=1S/C10H12BrNO2/c1-13-10(14-2)7-12-9-6-4-3-5-8(9)11/h3-7,10H,1-2H3/b12-7+. The third-order valence-electron chi connectivity index (χ3n) is 1.65. The molecule has 1 aromatic rings. The number of nitrogens with zero attached hydrogens (tertiary/aromatic N) is 1. The maximum atomic E-state index is 4.97. The van der Waals surface area contributed by atoms with E-state index in [4.69, 9.17) is 9.47 Å². The second-order valence-electron chi connectivity index (χ2n) is 2.57. The SMILES string of the molecule is COC(/C=N/c1ccccc1Br)OC. The van der Waals surface area contributed by atoms with Crippen LogP contribution in [0, 0.1) is 0 Å². The van der Waals surface area contributed by atoms with Crippen LogP contribution >= 0.6 is 15.9 Å². The van der Waals surface area contributed by atoms with Gasteiger partial charge >= 0.3 is 0 Å². The molecule has 0 unspecified atom stereocenters. The predicted octanol–water partition coefficient (Wildman–Crippen LogP) is 2.77. The van der Waals surface area contributed by atoms with Gasteiger partial charge in [-0.05, 0) is 28.1 Å². The van der Waals surface area contributed by atoms with Gasteiger partial charge in [0.05, 0.1) is 11.9 Å². The average Bonchev–Trinajstić information content (AvgIpc) is 2.22. The first-order valence-electron chi connectivity index (χ1n) is 4.12. The maximum absolute atomic E-state index is 4.97. The molecule has 0 saturated heterocycles. The zero-order chi connectivity index (χ0) is 10.4. The minimum Gasteiger partial charge on any atom is -0.351 e. The third kappa shape index (κ3) is 3.21. The Labute approximate surface area is 91.9 Å². The van der Waals surface area contributed by atoms with Crippen LogP contribution in [0.3, 0.4) is 0 Å². The first-order chi connectivity index (χ1) is 6.77. The van der Waals surface area contributed by atoms with E-state index in [-0.39, 0.29) is 0 Å². The van der Waals surface area contributed by atoms with Crippen molar-refractivity contribution in [2.45, 2.75) is 6.29 Å². The summed E-state index contributed by atoms with van der Waals surface area (Å²) >= 11 is 3.39. The Morgan fingerprint density at radius 1 is 1.29 bits per heavy atom. The van der Waals surface area contributed by atoms with Crippen LogP contribution in [0.15, 0.2) is 33.7 Å². The average molecular weight is 258 g/mol. The molecule has 0 atom stereocenters. The molecule has 3 nitrogen and oxygen atoms in total. The summed E-state index contributed by atoms with van der Waals surface area (Å²) in [6.45, 7) is 0. The van der Waals surface area contributed by atoms with E-state index in [2.05, 4.69) is 20.9 Å². The summed E-state index contributed by atoms with van der Waals surface area (Å²) in [5.41, 5.74) is 0.853. The second-order valence-corrected chi connectivity index (χ2v) is 3.42. The highest BCUT2D eigenvalue weighted by Gasteiger charge is 2.00. The van der Waals surface area contributed by atoms with Crippen molar-refractivity contribution >= 4 is 27.8 Å². The lowest BCUT2D eigenvalue weighted by molar-refractivity contribution is -0.0483. The first-order valence-corrected chi connectivity index (χ1v) is 4.91. The molecule has 0 aliphatic heterocycles. The maximum Gasteiger partial charge on any atom is 0.193 e. The molecule has 1 aromatic carbocycles. The molecule has 76 valence electrons. The lowest BCUT2D eigenvalue weighted by Gasteiger charge is -2.06. The second kappa shape index (κ2) is 5.90. The Bertz CT molecular complexity index is 311. The Morgan fingerprint density at radius 3 is 2.50 bits per heavy atom. The number of hydrogen-bond acceptors (Lipinski definition) is 3. The highest BCUT2D eigenvalue weighted by atomic mass is 79.9. The van der Waals surface area contributed by atoms with E-state index in [0.717, 1.165) is 10.2 Å². The molecule has 14 heavy (non-hydrogen) atoms. The molecule has 0 saturated carbocycles. The number of para-hydroxylation sites is 1. The molecule has 1 rings (SSSR count). The van der Waals surface area contributed by atoms with E-state index in [1.54, 1.807) is 20.4 Å². The number of aliphatic imine (C=N–C) groups is 1. The van der Waals surface area contributed by atoms with Crippen molar-refractivity contribution in [3.05, 3.63) is 28.7 Å². The Morgan fingerprint density at radius 2 is 1.93 bits per heavy atom. The fraction of sp³-hybridized carbons (Fsp3) is 0.300. The number of methoxy groups -OCH3 is 2. The van der Waals surface area contributed by atoms with Crippen LogP contribution in [0.2, 0.25) is 0 Å². The minimum atomic E-state index is -0.401. The van der Waals surface area contributed by atoms with Crippen molar-refractivity contribution in [3.63, 3.8) is 0 Å². The summed E-state index contributed by atoms with van der Waals surface area (Å²) in [4.78, 5) is 4.23. The summed E-state index contributed by atoms with van der Waals surface area (Å²) < 4.78 is 10.9. The van der Waals surface area contributed by atoms with Crippen LogP contribution < -0.4 is 0 Å². The zero-order valence-electron chi connectivity index (χ0n) is 8.11. The van der Waals surface area contributed by atoms with E-state index in [9.17, 15) is 0 Å². The van der Waals surface area contributed by atoms with Gasteiger partial charge in [0.15, 0.2) is 6.29 Å². The van der Waals surface area contributed by atoms with Gasteiger partial charge in [0, 0.05) is 18.7 Å². The van der Waals surface area contributed by atoms with Gasteiger partial charge in [-0.3, -0.25) is 4.99 Å². The molecule has 0 amide bonds. The van der Waals surface area contributed by atoms with Crippen molar-refractivity contribution in [1.29, 1.82) is 0 Å². The number of ether oxygens (including phenoxy) is 2. The smallest absolute Gasteiger partial charge is 0.193 e. The molecule has 0 aliphatic rings. The molecule has 0 bridgehead atoms. The molecule has 0 fully saturated rings. The van der Waals surface area contributed by atoms with E-state index in [1.165, 1.54) is 0 Å². The van der Waals surface area contributed by atoms with Crippen LogP contribution in [0.5, 0.6) is 0 Å². The quantitative estimate of drug-likeness (QED) is 0.614. The monoisotopic (exact) mass is 257 g/mol. The van der Waals surface area contributed by atoms with Gasteiger partial charge < -0.3 is 9.47 Å². The summed E-state index contributed by atoms with van der Waals surface area (Å²) in [5, 5.41) is 0. The summed E-state index contributed by atoms with van der Waals surface area (Å²) in [6, 6.07) is 7.70. The van der Waals surface area contributed by atoms with Gasteiger partial charge in [0.2, 0.25) is 0 Å². The van der Waals surface area contributed by atoms with E-state index in [1.807, 2.05) is 24.3 Å². The van der Waals surface area contributed by atoms with Gasteiger partial charge in [-0.15, -0.1) is 0 Å². The number of rotatable bonds is 4. The van der Waals surface area contributed by atoms with Gasteiger partial charge in [0.1, 0.15) is 0 Å². The number of hydrogen-bond donors (Lipinski definition) is 0. The van der Waals surface area contributed by atoms with Crippen LogP contribution in [0.25, 0.3) is 0 Å². The zero-order valence-corrected chi connectivity index (χ0v) is 9.69. The highest BCUT2D eigenvalue weighted by molar-refractivity contribution is 9.10. The molecular formula is C10H12BrNO2. The fourth-order valence-corrected chi connectivity index (χ4v) is 1.30. The van der Waals surface area contributed by atoms with Gasteiger partial charge in [-0.1, -0.05) is 12.1 Å². The van der Waals surface area contributed by atoms with Crippen LogP contribution in [-0.4, -0.2) is 26.7 Å². The Hall–Kier alpha value is -0.710.